The van der Waals surface area contributed by atoms with E-state index >= 15 is 0 Å². The number of para-hydroxylation sites is 2. The normalized spacial score (nSPS) is 11.1. The second-order valence-corrected chi connectivity index (χ2v) is 7.99. The highest BCUT2D eigenvalue weighted by atomic mass is 32.1. The Morgan fingerprint density at radius 3 is 2.69 bits per heavy atom. The first kappa shape index (κ1) is 19.1. The molecule has 1 amide bonds. The Morgan fingerprint density at radius 1 is 1.14 bits per heavy atom. The van der Waals surface area contributed by atoms with E-state index in [1.807, 2.05) is 43.5 Å². The van der Waals surface area contributed by atoms with Crippen molar-refractivity contribution in [1.29, 1.82) is 0 Å². The van der Waals surface area contributed by atoms with Crippen molar-refractivity contribution in [3.63, 3.8) is 0 Å². The molecule has 4 aromatic rings. The largest absolute Gasteiger partial charge is 0.328 e. The number of carbonyl (C=O) groups is 1. The zero-order valence-electron chi connectivity index (χ0n) is 16.6. The SMILES string of the molecule is Cc1ccc(C)c(-c2csc(NC(=O)CCn3c(=O)n(C)c4ccccc43)n2)c1. The van der Waals surface area contributed by atoms with E-state index in [1.54, 1.807) is 16.2 Å². The van der Waals surface area contributed by atoms with Gasteiger partial charge >= 0.3 is 5.69 Å². The molecule has 1 N–H and O–H groups in total. The number of carbonyl (C=O) groups excluding carboxylic acids is 1. The van der Waals surface area contributed by atoms with Crippen molar-refractivity contribution < 1.29 is 4.79 Å². The summed E-state index contributed by atoms with van der Waals surface area (Å²) in [6.45, 7) is 4.42. The van der Waals surface area contributed by atoms with Crippen LogP contribution in [0.15, 0.2) is 52.6 Å². The second kappa shape index (κ2) is 7.67. The topological polar surface area (TPSA) is 68.9 Å². The van der Waals surface area contributed by atoms with Gasteiger partial charge in [-0.1, -0.05) is 29.8 Å². The summed E-state index contributed by atoms with van der Waals surface area (Å²) in [6.07, 6.45) is 0.201. The van der Waals surface area contributed by atoms with E-state index in [2.05, 4.69) is 28.5 Å². The van der Waals surface area contributed by atoms with E-state index in [0.717, 1.165) is 27.9 Å². The number of aromatic nitrogens is 3. The smallest absolute Gasteiger partial charge is 0.302 e. The first-order valence-electron chi connectivity index (χ1n) is 9.41. The van der Waals surface area contributed by atoms with E-state index in [1.165, 1.54) is 16.9 Å². The predicted octanol–water partition coefficient (Wildman–Crippen LogP) is 4.11. The lowest BCUT2D eigenvalue weighted by Gasteiger charge is -2.05. The maximum atomic E-state index is 12.5. The number of hydrogen-bond acceptors (Lipinski definition) is 4. The highest BCUT2D eigenvalue weighted by Crippen LogP contribution is 2.28. The third-order valence-corrected chi connectivity index (χ3v) is 5.79. The first-order chi connectivity index (χ1) is 13.9. The van der Waals surface area contributed by atoms with Gasteiger partial charge in [-0.3, -0.25) is 13.9 Å². The average molecular weight is 407 g/mol. The number of amides is 1. The van der Waals surface area contributed by atoms with Crippen LogP contribution in [0.5, 0.6) is 0 Å². The molecule has 0 saturated carbocycles. The van der Waals surface area contributed by atoms with Gasteiger partial charge in [0.05, 0.1) is 16.7 Å². The average Bonchev–Trinajstić information content (AvgIpc) is 3.26. The molecule has 0 saturated heterocycles. The van der Waals surface area contributed by atoms with E-state index in [-0.39, 0.29) is 18.0 Å². The number of nitrogens with one attached hydrogen (secondary N) is 1. The van der Waals surface area contributed by atoms with E-state index in [4.69, 9.17) is 0 Å². The lowest BCUT2D eigenvalue weighted by atomic mass is 10.0. The fourth-order valence-electron chi connectivity index (χ4n) is 3.44. The molecule has 7 heteroatoms. The molecule has 2 aromatic carbocycles. The van der Waals surface area contributed by atoms with Crippen LogP contribution >= 0.6 is 11.3 Å². The number of nitrogens with zero attached hydrogens (tertiary/aromatic N) is 3. The summed E-state index contributed by atoms with van der Waals surface area (Å²) in [4.78, 5) is 29.5. The van der Waals surface area contributed by atoms with Gasteiger partial charge in [-0.15, -0.1) is 11.3 Å². The standard InChI is InChI=1S/C22H22N4O2S/c1-14-8-9-15(2)16(12-14)17-13-29-21(23-17)24-20(27)10-11-26-19-7-5-4-6-18(19)25(3)22(26)28/h4-9,12-13H,10-11H2,1-3H3,(H,23,24,27). The number of imidazole rings is 1. The number of aryl methyl sites for hydroxylation is 4. The Morgan fingerprint density at radius 2 is 1.90 bits per heavy atom. The van der Waals surface area contributed by atoms with Crippen molar-refractivity contribution in [2.45, 2.75) is 26.8 Å². The van der Waals surface area contributed by atoms with Crippen LogP contribution in [0.2, 0.25) is 0 Å². The van der Waals surface area contributed by atoms with Crippen molar-refractivity contribution in [3.8, 4) is 11.3 Å². The quantitative estimate of drug-likeness (QED) is 0.542. The summed E-state index contributed by atoms with van der Waals surface area (Å²) >= 11 is 1.40. The highest BCUT2D eigenvalue weighted by molar-refractivity contribution is 7.14. The summed E-state index contributed by atoms with van der Waals surface area (Å²) in [5.41, 5.74) is 5.82. The van der Waals surface area contributed by atoms with Gasteiger partial charge < -0.3 is 5.32 Å². The van der Waals surface area contributed by atoms with Gasteiger partial charge in [0, 0.05) is 31.0 Å². The van der Waals surface area contributed by atoms with Crippen LogP contribution in [-0.4, -0.2) is 20.0 Å². The Labute approximate surface area is 172 Å². The number of thiazole rings is 1. The van der Waals surface area contributed by atoms with Gasteiger partial charge in [0.25, 0.3) is 0 Å². The monoisotopic (exact) mass is 406 g/mol. The van der Waals surface area contributed by atoms with E-state index < -0.39 is 0 Å². The lowest BCUT2D eigenvalue weighted by molar-refractivity contribution is -0.116. The van der Waals surface area contributed by atoms with Gasteiger partial charge in [-0.05, 0) is 37.6 Å². The Hall–Kier alpha value is -3.19. The molecule has 148 valence electrons. The number of anilines is 1. The molecule has 0 spiro atoms. The number of hydrogen-bond donors (Lipinski definition) is 1. The molecule has 0 fully saturated rings. The molecular formula is C22H22N4O2S. The Kier molecular flexibility index (Phi) is 5.07. The summed E-state index contributed by atoms with van der Waals surface area (Å²) < 4.78 is 3.24. The fraction of sp³-hybridized carbons (Fsp3) is 0.227. The fourth-order valence-corrected chi connectivity index (χ4v) is 4.17. The maximum absolute atomic E-state index is 12.5. The van der Waals surface area contributed by atoms with Crippen LogP contribution < -0.4 is 11.0 Å². The van der Waals surface area contributed by atoms with E-state index in [0.29, 0.717) is 11.7 Å². The van der Waals surface area contributed by atoms with Gasteiger partial charge in [0.2, 0.25) is 5.91 Å². The highest BCUT2D eigenvalue weighted by Gasteiger charge is 2.13. The number of benzene rings is 2. The molecular weight excluding hydrogens is 384 g/mol. The van der Waals surface area contributed by atoms with Gasteiger partial charge in [0.15, 0.2) is 5.13 Å². The maximum Gasteiger partial charge on any atom is 0.328 e. The molecule has 0 aliphatic rings. The van der Waals surface area contributed by atoms with Crippen LogP contribution in [0.4, 0.5) is 5.13 Å². The summed E-state index contributed by atoms with van der Waals surface area (Å²) in [6, 6.07) is 13.8. The van der Waals surface area contributed by atoms with Crippen molar-refractivity contribution in [2.24, 2.45) is 7.05 Å². The molecule has 0 atom stereocenters. The van der Waals surface area contributed by atoms with Crippen molar-refractivity contribution >= 4 is 33.4 Å². The molecule has 0 aliphatic carbocycles. The molecule has 0 radical (unpaired) electrons. The number of fused-ring (bicyclic) bond motifs is 1. The molecule has 4 rings (SSSR count). The minimum absolute atomic E-state index is 0.120. The van der Waals surface area contributed by atoms with Crippen molar-refractivity contribution in [3.05, 3.63) is 69.5 Å². The molecule has 2 aromatic heterocycles. The number of rotatable bonds is 5. The minimum Gasteiger partial charge on any atom is -0.302 e. The van der Waals surface area contributed by atoms with Gasteiger partial charge in [-0.2, -0.15) is 0 Å². The molecule has 29 heavy (non-hydrogen) atoms. The molecule has 0 bridgehead atoms. The predicted molar refractivity (Wildman–Crippen MR) is 117 cm³/mol. The Bertz CT molecular complexity index is 1270. The lowest BCUT2D eigenvalue weighted by Crippen LogP contribution is -2.24. The summed E-state index contributed by atoms with van der Waals surface area (Å²) in [7, 11) is 1.74. The van der Waals surface area contributed by atoms with Crippen LogP contribution in [0.3, 0.4) is 0 Å². The summed E-state index contributed by atoms with van der Waals surface area (Å²) in [5, 5.41) is 5.37. The zero-order chi connectivity index (χ0) is 20.5. The molecule has 0 aliphatic heterocycles. The van der Waals surface area contributed by atoms with Gasteiger partial charge in [0.1, 0.15) is 0 Å². The Balaban J connectivity index is 1.46. The minimum atomic E-state index is -0.160. The third-order valence-electron chi connectivity index (χ3n) is 5.03. The van der Waals surface area contributed by atoms with Crippen LogP contribution in [-0.2, 0) is 18.4 Å². The van der Waals surface area contributed by atoms with Gasteiger partial charge in [-0.25, -0.2) is 9.78 Å². The zero-order valence-corrected chi connectivity index (χ0v) is 17.4. The summed E-state index contributed by atoms with van der Waals surface area (Å²) in [5.74, 6) is -0.160. The van der Waals surface area contributed by atoms with E-state index in [9.17, 15) is 9.59 Å². The molecule has 2 heterocycles. The van der Waals surface area contributed by atoms with Crippen molar-refractivity contribution in [1.82, 2.24) is 14.1 Å². The van der Waals surface area contributed by atoms with Crippen molar-refractivity contribution in [2.75, 3.05) is 5.32 Å². The first-order valence-corrected chi connectivity index (χ1v) is 10.3. The molecule has 6 nitrogen and oxygen atoms in total. The van der Waals surface area contributed by atoms with Crippen LogP contribution in [0.25, 0.3) is 22.3 Å². The van der Waals surface area contributed by atoms with Crippen LogP contribution in [0.1, 0.15) is 17.5 Å². The third kappa shape index (κ3) is 3.73. The van der Waals surface area contributed by atoms with Crippen LogP contribution in [0, 0.1) is 13.8 Å². The second-order valence-electron chi connectivity index (χ2n) is 7.14. The molecule has 0 unspecified atom stereocenters.